The van der Waals surface area contributed by atoms with E-state index in [2.05, 4.69) is 4.99 Å². The third-order valence-corrected chi connectivity index (χ3v) is 6.04. The second-order valence-corrected chi connectivity index (χ2v) is 8.32. The Kier molecular flexibility index (Phi) is 6.57. The summed E-state index contributed by atoms with van der Waals surface area (Å²) in [5.74, 6) is 1.49. The van der Waals surface area contributed by atoms with Gasteiger partial charge in [0.15, 0.2) is 11.5 Å². The van der Waals surface area contributed by atoms with E-state index in [9.17, 15) is 8.42 Å². The Morgan fingerprint density at radius 3 is 2.32 bits per heavy atom. The molecule has 0 aliphatic carbocycles. The van der Waals surface area contributed by atoms with Crippen LogP contribution in [0, 0.1) is 0 Å². The number of ether oxygens (including phenoxy) is 2. The van der Waals surface area contributed by atoms with E-state index in [1.807, 2.05) is 44.2 Å². The molecular formula is C21H26N2O4S. The van der Waals surface area contributed by atoms with Crippen molar-refractivity contribution in [3.8, 4) is 11.5 Å². The summed E-state index contributed by atoms with van der Waals surface area (Å²) in [6.45, 7) is 5.83. The minimum Gasteiger partial charge on any atom is -0.490 e. The highest BCUT2D eigenvalue weighted by Gasteiger charge is 2.32. The standard InChI is InChI=1S/C21H26N2O4S/c1-3-14-26-19-11-10-18(16-20(19)27-15-4-2)28(24,25)23-13-12-22-21(23)17-8-6-5-7-9-17/h5-11,16H,3-4,12-15H2,1-2H3. The van der Waals surface area contributed by atoms with Crippen LogP contribution in [0.15, 0.2) is 58.4 Å². The normalized spacial score (nSPS) is 14.1. The van der Waals surface area contributed by atoms with Gasteiger partial charge < -0.3 is 9.47 Å². The second-order valence-electron chi connectivity index (χ2n) is 6.45. The van der Waals surface area contributed by atoms with Crippen LogP contribution in [0.4, 0.5) is 0 Å². The second kappa shape index (κ2) is 9.10. The molecule has 0 radical (unpaired) electrons. The van der Waals surface area contributed by atoms with Gasteiger partial charge in [-0.2, -0.15) is 0 Å². The Labute approximate surface area is 166 Å². The van der Waals surface area contributed by atoms with Gasteiger partial charge in [-0.25, -0.2) is 12.7 Å². The van der Waals surface area contributed by atoms with Gasteiger partial charge in [0.05, 0.1) is 31.2 Å². The first-order chi connectivity index (χ1) is 13.6. The fraction of sp³-hybridized carbons (Fsp3) is 0.381. The monoisotopic (exact) mass is 402 g/mol. The molecule has 6 nitrogen and oxygen atoms in total. The van der Waals surface area contributed by atoms with Crippen LogP contribution in [0.1, 0.15) is 32.3 Å². The molecule has 1 aliphatic rings. The number of sulfonamides is 1. The summed E-state index contributed by atoms with van der Waals surface area (Å²) in [4.78, 5) is 4.59. The van der Waals surface area contributed by atoms with Crippen molar-refractivity contribution in [1.82, 2.24) is 4.31 Å². The fourth-order valence-electron chi connectivity index (χ4n) is 2.92. The topological polar surface area (TPSA) is 68.2 Å². The summed E-state index contributed by atoms with van der Waals surface area (Å²) >= 11 is 0. The molecule has 0 fully saturated rings. The highest BCUT2D eigenvalue weighted by atomic mass is 32.2. The molecule has 0 bridgehead atoms. The minimum atomic E-state index is -3.75. The first-order valence-corrected chi connectivity index (χ1v) is 11.0. The zero-order valence-electron chi connectivity index (χ0n) is 16.3. The molecular weight excluding hydrogens is 376 g/mol. The van der Waals surface area contributed by atoms with Crippen molar-refractivity contribution < 1.29 is 17.9 Å². The Hall–Kier alpha value is -2.54. The lowest BCUT2D eigenvalue weighted by atomic mass is 10.2. The predicted octanol–water partition coefficient (Wildman–Crippen LogP) is 3.72. The first-order valence-electron chi connectivity index (χ1n) is 9.60. The molecule has 0 saturated carbocycles. The van der Waals surface area contributed by atoms with Crippen LogP contribution in [0.3, 0.4) is 0 Å². The Bertz CT molecular complexity index is 927. The molecule has 0 amide bonds. The van der Waals surface area contributed by atoms with Gasteiger partial charge in [-0.1, -0.05) is 44.2 Å². The maximum Gasteiger partial charge on any atom is 0.265 e. The quantitative estimate of drug-likeness (QED) is 0.641. The van der Waals surface area contributed by atoms with Gasteiger partial charge in [0.1, 0.15) is 5.84 Å². The van der Waals surface area contributed by atoms with Crippen molar-refractivity contribution in [1.29, 1.82) is 0 Å². The summed E-state index contributed by atoms with van der Waals surface area (Å²) in [5.41, 5.74) is 0.786. The van der Waals surface area contributed by atoms with E-state index in [1.165, 1.54) is 4.31 Å². The number of hydrogen-bond acceptors (Lipinski definition) is 5. The fourth-order valence-corrected chi connectivity index (χ4v) is 4.38. The lowest BCUT2D eigenvalue weighted by Crippen LogP contribution is -2.34. The summed E-state index contributed by atoms with van der Waals surface area (Å²) < 4.78 is 39.5. The van der Waals surface area contributed by atoms with Crippen molar-refractivity contribution in [2.75, 3.05) is 26.3 Å². The lowest BCUT2D eigenvalue weighted by Gasteiger charge is -2.21. The maximum absolute atomic E-state index is 13.3. The number of nitrogens with zero attached hydrogens (tertiary/aromatic N) is 2. The van der Waals surface area contributed by atoms with Crippen LogP contribution in [0.25, 0.3) is 0 Å². The molecule has 28 heavy (non-hydrogen) atoms. The molecule has 3 rings (SSSR count). The number of benzene rings is 2. The molecule has 0 atom stereocenters. The van der Waals surface area contributed by atoms with Crippen LogP contribution in [0.5, 0.6) is 11.5 Å². The molecule has 0 aromatic heterocycles. The molecule has 1 heterocycles. The van der Waals surface area contributed by atoms with Gasteiger partial charge in [-0.3, -0.25) is 4.99 Å². The number of amidine groups is 1. The molecule has 0 spiro atoms. The van der Waals surface area contributed by atoms with Crippen LogP contribution in [0.2, 0.25) is 0 Å². The van der Waals surface area contributed by atoms with Crippen molar-refractivity contribution in [3.05, 3.63) is 54.1 Å². The number of aliphatic imine (C=N–C) groups is 1. The zero-order valence-corrected chi connectivity index (χ0v) is 17.1. The molecule has 2 aromatic rings. The summed E-state index contributed by atoms with van der Waals surface area (Å²) in [6, 6.07) is 14.2. The Morgan fingerprint density at radius 1 is 0.964 bits per heavy atom. The Morgan fingerprint density at radius 2 is 1.64 bits per heavy atom. The van der Waals surface area contributed by atoms with Gasteiger partial charge in [0.25, 0.3) is 10.0 Å². The van der Waals surface area contributed by atoms with Gasteiger partial charge in [-0.15, -0.1) is 0 Å². The van der Waals surface area contributed by atoms with E-state index in [-0.39, 0.29) is 4.90 Å². The largest absolute Gasteiger partial charge is 0.490 e. The van der Waals surface area contributed by atoms with Gasteiger partial charge in [0.2, 0.25) is 0 Å². The average molecular weight is 403 g/mol. The maximum atomic E-state index is 13.3. The van der Waals surface area contributed by atoms with Crippen molar-refractivity contribution in [2.45, 2.75) is 31.6 Å². The van der Waals surface area contributed by atoms with Gasteiger partial charge in [-0.05, 0) is 25.0 Å². The lowest BCUT2D eigenvalue weighted by molar-refractivity contribution is 0.267. The van der Waals surface area contributed by atoms with Crippen molar-refractivity contribution in [3.63, 3.8) is 0 Å². The summed E-state index contributed by atoms with van der Waals surface area (Å²) in [6.07, 6.45) is 1.68. The van der Waals surface area contributed by atoms with E-state index >= 15 is 0 Å². The molecule has 2 aromatic carbocycles. The van der Waals surface area contributed by atoms with Crippen molar-refractivity contribution >= 4 is 15.9 Å². The molecule has 0 saturated heterocycles. The SMILES string of the molecule is CCCOc1ccc(S(=O)(=O)N2CCN=C2c2ccccc2)cc1OCCC. The summed E-state index contributed by atoms with van der Waals surface area (Å²) in [5, 5.41) is 0. The smallest absolute Gasteiger partial charge is 0.265 e. The highest BCUT2D eigenvalue weighted by Crippen LogP contribution is 2.32. The van der Waals surface area contributed by atoms with Crippen LogP contribution < -0.4 is 9.47 Å². The third kappa shape index (κ3) is 4.30. The van der Waals surface area contributed by atoms with Crippen LogP contribution >= 0.6 is 0 Å². The van der Waals surface area contributed by atoms with E-state index in [0.29, 0.717) is 43.6 Å². The predicted molar refractivity (Wildman–Crippen MR) is 110 cm³/mol. The average Bonchev–Trinajstić information content (AvgIpc) is 3.22. The molecule has 0 N–H and O–H groups in total. The third-order valence-electron chi connectivity index (χ3n) is 4.26. The van der Waals surface area contributed by atoms with E-state index in [1.54, 1.807) is 18.2 Å². The van der Waals surface area contributed by atoms with Gasteiger partial charge in [0, 0.05) is 11.6 Å². The van der Waals surface area contributed by atoms with E-state index in [0.717, 1.165) is 18.4 Å². The van der Waals surface area contributed by atoms with E-state index in [4.69, 9.17) is 9.47 Å². The summed E-state index contributed by atoms with van der Waals surface area (Å²) in [7, 11) is -3.75. The number of rotatable bonds is 9. The first kappa shape index (κ1) is 20.2. The van der Waals surface area contributed by atoms with E-state index < -0.39 is 10.0 Å². The van der Waals surface area contributed by atoms with Crippen LogP contribution in [-0.4, -0.2) is 44.9 Å². The molecule has 150 valence electrons. The molecule has 7 heteroatoms. The minimum absolute atomic E-state index is 0.174. The van der Waals surface area contributed by atoms with Crippen molar-refractivity contribution in [2.24, 2.45) is 4.99 Å². The van der Waals surface area contributed by atoms with Crippen LogP contribution in [-0.2, 0) is 10.0 Å². The highest BCUT2D eigenvalue weighted by molar-refractivity contribution is 7.89. The molecule has 0 unspecified atom stereocenters. The Balaban J connectivity index is 1.93. The van der Waals surface area contributed by atoms with Gasteiger partial charge >= 0.3 is 0 Å². The zero-order chi connectivity index (χ0) is 20.0. The number of hydrogen-bond donors (Lipinski definition) is 0. The molecule has 1 aliphatic heterocycles.